The van der Waals surface area contributed by atoms with Crippen LogP contribution in [0.3, 0.4) is 0 Å². The number of fused-ring (bicyclic) bond motifs is 2. The number of ether oxygens (including phenoxy) is 6. The standard InChI is InChI=1S/C19H26O6/c1-3-4-10-20-16-15-14(24-19-17(16)22-12(2)23-19)11-21-18(25-15)13-8-6-5-7-9-13/h5-9,12,14-19H,3-4,10-11H2,1-2H3/t12?,14?,15-,16+,17?,18?,19+/m1/s1. The average molecular weight is 350 g/mol. The van der Waals surface area contributed by atoms with Gasteiger partial charge in [-0.15, -0.1) is 0 Å². The Morgan fingerprint density at radius 1 is 1.04 bits per heavy atom. The van der Waals surface area contributed by atoms with E-state index < -0.39 is 12.6 Å². The predicted octanol–water partition coefficient (Wildman–Crippen LogP) is 2.77. The highest BCUT2D eigenvalue weighted by molar-refractivity contribution is 5.16. The van der Waals surface area contributed by atoms with Crippen molar-refractivity contribution in [1.29, 1.82) is 0 Å². The van der Waals surface area contributed by atoms with Crippen molar-refractivity contribution in [1.82, 2.24) is 0 Å². The van der Waals surface area contributed by atoms with Gasteiger partial charge in [-0.25, -0.2) is 0 Å². The molecule has 0 aromatic heterocycles. The van der Waals surface area contributed by atoms with Gasteiger partial charge in [-0.05, 0) is 13.3 Å². The van der Waals surface area contributed by atoms with Gasteiger partial charge in [0.2, 0.25) is 0 Å². The monoisotopic (exact) mass is 350 g/mol. The Kier molecular flexibility index (Phi) is 5.36. The first-order chi connectivity index (χ1) is 12.3. The Morgan fingerprint density at radius 2 is 1.88 bits per heavy atom. The maximum Gasteiger partial charge on any atom is 0.190 e. The zero-order chi connectivity index (χ0) is 17.2. The summed E-state index contributed by atoms with van der Waals surface area (Å²) in [6.07, 6.45) is -0.0383. The molecule has 0 amide bonds. The van der Waals surface area contributed by atoms with Crippen LogP contribution in [0.25, 0.3) is 0 Å². The molecule has 138 valence electrons. The number of hydrogen-bond acceptors (Lipinski definition) is 6. The molecule has 3 heterocycles. The van der Waals surface area contributed by atoms with E-state index >= 15 is 0 Å². The fourth-order valence-corrected chi connectivity index (χ4v) is 3.58. The normalized spacial score (nSPS) is 40.5. The molecule has 3 aliphatic rings. The van der Waals surface area contributed by atoms with Crippen molar-refractivity contribution in [2.45, 2.75) is 70.0 Å². The van der Waals surface area contributed by atoms with Crippen LogP contribution in [-0.4, -0.2) is 50.2 Å². The van der Waals surface area contributed by atoms with E-state index in [0.717, 1.165) is 18.4 Å². The molecule has 3 saturated heterocycles. The van der Waals surface area contributed by atoms with Gasteiger partial charge in [-0.3, -0.25) is 0 Å². The van der Waals surface area contributed by atoms with Gasteiger partial charge in [-0.2, -0.15) is 0 Å². The molecule has 4 unspecified atom stereocenters. The average Bonchev–Trinajstić information content (AvgIpc) is 3.01. The minimum atomic E-state index is -0.427. The molecule has 0 N–H and O–H groups in total. The van der Waals surface area contributed by atoms with Crippen LogP contribution in [0.4, 0.5) is 0 Å². The van der Waals surface area contributed by atoms with Crippen molar-refractivity contribution in [3.8, 4) is 0 Å². The lowest BCUT2D eigenvalue weighted by Crippen LogP contribution is -2.61. The van der Waals surface area contributed by atoms with Gasteiger partial charge in [0.25, 0.3) is 0 Å². The Morgan fingerprint density at radius 3 is 2.68 bits per heavy atom. The summed E-state index contributed by atoms with van der Waals surface area (Å²) >= 11 is 0. The molecule has 3 aliphatic heterocycles. The maximum atomic E-state index is 6.26. The van der Waals surface area contributed by atoms with Gasteiger partial charge >= 0.3 is 0 Å². The van der Waals surface area contributed by atoms with Gasteiger partial charge in [-0.1, -0.05) is 43.7 Å². The van der Waals surface area contributed by atoms with Crippen LogP contribution in [0.1, 0.15) is 38.5 Å². The highest BCUT2D eigenvalue weighted by Gasteiger charge is 2.54. The molecule has 0 aliphatic carbocycles. The minimum Gasteiger partial charge on any atom is -0.372 e. The highest BCUT2D eigenvalue weighted by atomic mass is 16.8. The van der Waals surface area contributed by atoms with Crippen molar-refractivity contribution in [2.75, 3.05) is 13.2 Å². The fourth-order valence-electron chi connectivity index (χ4n) is 3.58. The summed E-state index contributed by atoms with van der Waals surface area (Å²) in [7, 11) is 0. The van der Waals surface area contributed by atoms with Gasteiger partial charge in [0.1, 0.15) is 24.4 Å². The Balaban J connectivity index is 1.52. The second-order valence-corrected chi connectivity index (χ2v) is 6.71. The lowest BCUT2D eigenvalue weighted by atomic mass is 9.97. The van der Waals surface area contributed by atoms with Gasteiger partial charge < -0.3 is 28.4 Å². The molecule has 0 saturated carbocycles. The van der Waals surface area contributed by atoms with E-state index in [0.29, 0.717) is 13.2 Å². The number of unbranched alkanes of at least 4 members (excludes halogenated alkanes) is 1. The molecule has 1 aromatic carbocycles. The van der Waals surface area contributed by atoms with Crippen LogP contribution < -0.4 is 0 Å². The summed E-state index contributed by atoms with van der Waals surface area (Å²) in [6, 6.07) is 9.94. The molecular formula is C19H26O6. The van der Waals surface area contributed by atoms with Crippen LogP contribution in [0, 0.1) is 0 Å². The number of hydrogen-bond donors (Lipinski definition) is 0. The summed E-state index contributed by atoms with van der Waals surface area (Å²) in [5, 5.41) is 0. The largest absolute Gasteiger partial charge is 0.372 e. The summed E-state index contributed by atoms with van der Waals surface area (Å²) in [5.74, 6) is 0. The zero-order valence-corrected chi connectivity index (χ0v) is 14.7. The third-order valence-corrected chi connectivity index (χ3v) is 4.84. The fraction of sp³-hybridized carbons (Fsp3) is 0.684. The van der Waals surface area contributed by atoms with Crippen LogP contribution in [0.5, 0.6) is 0 Å². The van der Waals surface area contributed by atoms with E-state index in [4.69, 9.17) is 28.4 Å². The smallest absolute Gasteiger partial charge is 0.190 e. The van der Waals surface area contributed by atoms with E-state index in [2.05, 4.69) is 6.92 Å². The Labute approximate surface area is 148 Å². The van der Waals surface area contributed by atoms with Crippen LogP contribution in [-0.2, 0) is 28.4 Å². The topological polar surface area (TPSA) is 55.4 Å². The molecule has 1 aromatic rings. The lowest BCUT2D eigenvalue weighted by molar-refractivity contribution is -0.343. The van der Waals surface area contributed by atoms with Gasteiger partial charge in [0.15, 0.2) is 18.9 Å². The summed E-state index contributed by atoms with van der Waals surface area (Å²) in [6.45, 7) is 5.13. The predicted molar refractivity (Wildman–Crippen MR) is 88.7 cm³/mol. The Bertz CT molecular complexity index is 552. The van der Waals surface area contributed by atoms with E-state index in [1.165, 1.54) is 0 Å². The summed E-state index contributed by atoms with van der Waals surface area (Å²) < 4.78 is 36.0. The molecule has 4 rings (SSSR count). The van der Waals surface area contributed by atoms with Crippen LogP contribution in [0.15, 0.2) is 30.3 Å². The van der Waals surface area contributed by atoms with Gasteiger partial charge in [0.05, 0.1) is 6.61 Å². The van der Waals surface area contributed by atoms with Crippen molar-refractivity contribution in [3.05, 3.63) is 35.9 Å². The molecule has 0 radical (unpaired) electrons. The first-order valence-electron chi connectivity index (χ1n) is 9.16. The quantitative estimate of drug-likeness (QED) is 0.761. The zero-order valence-electron chi connectivity index (χ0n) is 14.7. The Hall–Kier alpha value is -1.02. The molecule has 0 bridgehead atoms. The second kappa shape index (κ2) is 7.70. The van der Waals surface area contributed by atoms with Gasteiger partial charge in [0, 0.05) is 12.2 Å². The first-order valence-corrected chi connectivity index (χ1v) is 9.16. The lowest BCUT2D eigenvalue weighted by Gasteiger charge is -2.46. The number of benzene rings is 1. The van der Waals surface area contributed by atoms with Crippen LogP contribution >= 0.6 is 0 Å². The van der Waals surface area contributed by atoms with E-state index in [1.54, 1.807) is 0 Å². The molecule has 3 fully saturated rings. The molecular weight excluding hydrogens is 324 g/mol. The molecule has 6 heteroatoms. The molecule has 7 atom stereocenters. The number of rotatable bonds is 5. The highest BCUT2D eigenvalue weighted by Crippen LogP contribution is 2.39. The summed E-state index contributed by atoms with van der Waals surface area (Å²) in [4.78, 5) is 0. The maximum absolute atomic E-state index is 6.26. The minimum absolute atomic E-state index is 0.221. The SMILES string of the molecule is CCCCO[C@@H]1C2OC(C)O[C@H]2OC2COC(c3ccccc3)O[C@H]21. The molecule has 0 spiro atoms. The second-order valence-electron chi connectivity index (χ2n) is 6.71. The van der Waals surface area contributed by atoms with Crippen molar-refractivity contribution >= 4 is 0 Å². The van der Waals surface area contributed by atoms with Crippen LogP contribution in [0.2, 0.25) is 0 Å². The first kappa shape index (κ1) is 17.4. The van der Waals surface area contributed by atoms with E-state index in [9.17, 15) is 0 Å². The van der Waals surface area contributed by atoms with Crippen molar-refractivity contribution < 1.29 is 28.4 Å². The summed E-state index contributed by atoms with van der Waals surface area (Å²) in [5.41, 5.74) is 0.993. The van der Waals surface area contributed by atoms with Crippen molar-refractivity contribution in [2.24, 2.45) is 0 Å². The van der Waals surface area contributed by atoms with Crippen molar-refractivity contribution in [3.63, 3.8) is 0 Å². The van der Waals surface area contributed by atoms with E-state index in [1.807, 2.05) is 37.3 Å². The molecule has 25 heavy (non-hydrogen) atoms. The molecule has 6 nitrogen and oxygen atoms in total. The third kappa shape index (κ3) is 3.60. The van der Waals surface area contributed by atoms with E-state index in [-0.39, 0.29) is 30.7 Å². The third-order valence-electron chi connectivity index (χ3n) is 4.84.